The summed E-state index contributed by atoms with van der Waals surface area (Å²) >= 11 is 0. The Hall–Kier alpha value is -1.94. The summed E-state index contributed by atoms with van der Waals surface area (Å²) in [7, 11) is -7.46. The van der Waals surface area contributed by atoms with E-state index in [1.165, 1.54) is 36.4 Å². The van der Waals surface area contributed by atoms with Crippen molar-refractivity contribution in [1.29, 1.82) is 0 Å². The number of sulfonamides is 2. The Kier molecular flexibility index (Phi) is 4.52. The summed E-state index contributed by atoms with van der Waals surface area (Å²) in [6.45, 7) is 0.0159. The molecule has 0 radical (unpaired) electrons. The predicted octanol–water partition coefficient (Wildman–Crippen LogP) is 0.395. The second kappa shape index (κ2) is 6.05. The molecule has 5 N–H and O–H groups in total. The highest BCUT2D eigenvalue weighted by Gasteiger charge is 2.14. The van der Waals surface area contributed by atoms with E-state index in [0.717, 1.165) is 0 Å². The van der Waals surface area contributed by atoms with Gasteiger partial charge in [-0.25, -0.2) is 26.7 Å². The minimum atomic E-state index is -3.76. The Morgan fingerprint density at radius 3 is 2.09 bits per heavy atom. The zero-order chi connectivity index (χ0) is 16.4. The van der Waals surface area contributed by atoms with Crippen LogP contribution in [0, 0.1) is 0 Å². The van der Waals surface area contributed by atoms with Gasteiger partial charge in [-0.3, -0.25) is 0 Å². The van der Waals surface area contributed by atoms with Crippen molar-refractivity contribution < 1.29 is 16.8 Å². The number of rotatable bonds is 5. The van der Waals surface area contributed by atoms with E-state index in [0.29, 0.717) is 11.3 Å². The van der Waals surface area contributed by atoms with E-state index in [9.17, 15) is 16.8 Å². The van der Waals surface area contributed by atoms with Crippen molar-refractivity contribution in [2.24, 2.45) is 5.14 Å². The number of nitrogens with two attached hydrogens (primary N) is 2. The molecule has 0 aromatic heterocycles. The summed E-state index contributed by atoms with van der Waals surface area (Å²) in [5.74, 6) is 0. The maximum Gasteiger partial charge on any atom is 0.240 e. The quantitative estimate of drug-likeness (QED) is 0.677. The smallest absolute Gasteiger partial charge is 0.240 e. The molecule has 2 aromatic rings. The van der Waals surface area contributed by atoms with Gasteiger partial charge in [0, 0.05) is 12.2 Å². The van der Waals surface area contributed by atoms with Crippen LogP contribution in [-0.2, 0) is 26.6 Å². The molecule has 2 rings (SSSR count). The lowest BCUT2D eigenvalue weighted by atomic mass is 10.2. The van der Waals surface area contributed by atoms with Gasteiger partial charge in [-0.05, 0) is 35.9 Å². The van der Waals surface area contributed by atoms with E-state index in [-0.39, 0.29) is 16.3 Å². The first kappa shape index (κ1) is 16.4. The Morgan fingerprint density at radius 2 is 1.55 bits per heavy atom. The molecule has 7 nitrogen and oxygen atoms in total. The highest BCUT2D eigenvalue weighted by Crippen LogP contribution is 2.14. The fraction of sp³-hybridized carbons (Fsp3) is 0.0769. The van der Waals surface area contributed by atoms with E-state index < -0.39 is 20.0 Å². The fourth-order valence-corrected chi connectivity index (χ4v) is 3.33. The van der Waals surface area contributed by atoms with Gasteiger partial charge >= 0.3 is 0 Å². The summed E-state index contributed by atoms with van der Waals surface area (Å²) in [5.41, 5.74) is 6.50. The molecule has 2 aromatic carbocycles. The third-order valence-electron chi connectivity index (χ3n) is 2.89. The largest absolute Gasteiger partial charge is 0.399 e. The average molecular weight is 341 g/mol. The fourth-order valence-electron chi connectivity index (χ4n) is 1.74. The monoisotopic (exact) mass is 341 g/mol. The molecule has 0 aliphatic rings. The molecule has 0 aliphatic carbocycles. The molecule has 0 amide bonds. The van der Waals surface area contributed by atoms with Crippen molar-refractivity contribution in [2.75, 3.05) is 5.73 Å². The first-order chi connectivity index (χ1) is 10.2. The number of hydrogen-bond donors (Lipinski definition) is 3. The van der Waals surface area contributed by atoms with Crippen LogP contribution in [0.3, 0.4) is 0 Å². The summed E-state index contributed by atoms with van der Waals surface area (Å²) < 4.78 is 48.9. The average Bonchev–Trinajstić information content (AvgIpc) is 2.45. The number of nitrogens with one attached hydrogen (secondary N) is 1. The van der Waals surface area contributed by atoms with E-state index in [2.05, 4.69) is 4.72 Å². The number of primary sulfonamides is 1. The van der Waals surface area contributed by atoms with Gasteiger partial charge in [0.2, 0.25) is 20.0 Å². The molecule has 0 atom stereocenters. The zero-order valence-electron chi connectivity index (χ0n) is 11.4. The van der Waals surface area contributed by atoms with E-state index >= 15 is 0 Å². The van der Waals surface area contributed by atoms with Crippen LogP contribution in [0.1, 0.15) is 5.56 Å². The molecule has 0 unspecified atom stereocenters. The van der Waals surface area contributed by atoms with Gasteiger partial charge in [0.1, 0.15) is 0 Å². The van der Waals surface area contributed by atoms with Gasteiger partial charge in [-0.2, -0.15) is 0 Å². The minimum Gasteiger partial charge on any atom is -0.399 e. The van der Waals surface area contributed by atoms with Gasteiger partial charge in [0.05, 0.1) is 9.79 Å². The lowest BCUT2D eigenvalue weighted by Gasteiger charge is -2.08. The van der Waals surface area contributed by atoms with Crippen molar-refractivity contribution in [1.82, 2.24) is 4.72 Å². The summed E-state index contributed by atoms with van der Waals surface area (Å²) in [6, 6.07) is 11.5. The van der Waals surface area contributed by atoms with E-state index in [1.54, 1.807) is 12.1 Å². The van der Waals surface area contributed by atoms with Gasteiger partial charge in [0.15, 0.2) is 0 Å². The molecule has 0 bridgehead atoms. The minimum absolute atomic E-state index is 0.0159. The number of hydrogen-bond acceptors (Lipinski definition) is 5. The molecule has 9 heteroatoms. The maximum atomic E-state index is 12.1. The third-order valence-corrected chi connectivity index (χ3v) is 5.21. The van der Waals surface area contributed by atoms with Crippen LogP contribution in [0.4, 0.5) is 5.69 Å². The Balaban J connectivity index is 2.12. The first-order valence-electron chi connectivity index (χ1n) is 6.15. The molecule has 0 spiro atoms. The zero-order valence-corrected chi connectivity index (χ0v) is 13.1. The molecule has 0 saturated carbocycles. The number of anilines is 1. The SMILES string of the molecule is Nc1cccc(S(=O)(=O)NCc2ccc(S(N)(=O)=O)cc2)c1. The summed E-state index contributed by atoms with van der Waals surface area (Å²) in [6.07, 6.45) is 0. The van der Waals surface area contributed by atoms with Gasteiger partial charge in [-0.1, -0.05) is 18.2 Å². The van der Waals surface area contributed by atoms with Crippen LogP contribution in [-0.4, -0.2) is 16.8 Å². The normalized spacial score (nSPS) is 12.2. The molecule has 0 aliphatic heterocycles. The van der Waals surface area contributed by atoms with Crippen molar-refractivity contribution in [3.05, 3.63) is 54.1 Å². The standard InChI is InChI=1S/C13H15N3O4S2/c14-11-2-1-3-13(8-11)22(19,20)16-9-10-4-6-12(7-5-10)21(15,17)18/h1-8,16H,9,14H2,(H2,15,17,18). The summed E-state index contributed by atoms with van der Waals surface area (Å²) in [4.78, 5) is 0.0311. The van der Waals surface area contributed by atoms with E-state index in [1.807, 2.05) is 0 Å². The second-order valence-electron chi connectivity index (χ2n) is 4.59. The molecule has 118 valence electrons. The van der Waals surface area contributed by atoms with Crippen molar-refractivity contribution in [3.8, 4) is 0 Å². The van der Waals surface area contributed by atoms with Gasteiger partial charge in [0.25, 0.3) is 0 Å². The highest BCUT2D eigenvalue weighted by molar-refractivity contribution is 7.89. The molecule has 0 heterocycles. The van der Waals surface area contributed by atoms with Crippen LogP contribution in [0.25, 0.3) is 0 Å². The van der Waals surface area contributed by atoms with Crippen LogP contribution >= 0.6 is 0 Å². The van der Waals surface area contributed by atoms with Crippen molar-refractivity contribution in [2.45, 2.75) is 16.3 Å². The third kappa shape index (κ3) is 4.04. The Morgan fingerprint density at radius 1 is 0.909 bits per heavy atom. The maximum absolute atomic E-state index is 12.1. The molecular formula is C13H15N3O4S2. The van der Waals surface area contributed by atoms with E-state index in [4.69, 9.17) is 10.9 Å². The van der Waals surface area contributed by atoms with Crippen LogP contribution in [0.15, 0.2) is 58.3 Å². The highest BCUT2D eigenvalue weighted by atomic mass is 32.2. The first-order valence-corrected chi connectivity index (χ1v) is 9.18. The van der Waals surface area contributed by atoms with Crippen LogP contribution in [0.2, 0.25) is 0 Å². The molecule has 0 saturated heterocycles. The van der Waals surface area contributed by atoms with Crippen LogP contribution in [0.5, 0.6) is 0 Å². The summed E-state index contributed by atoms with van der Waals surface area (Å²) in [5, 5.41) is 4.99. The lowest BCUT2D eigenvalue weighted by Crippen LogP contribution is -2.23. The van der Waals surface area contributed by atoms with Gasteiger partial charge in [-0.15, -0.1) is 0 Å². The second-order valence-corrected chi connectivity index (χ2v) is 7.91. The Labute approximate surface area is 129 Å². The predicted molar refractivity (Wildman–Crippen MR) is 82.7 cm³/mol. The van der Waals surface area contributed by atoms with Crippen molar-refractivity contribution >= 4 is 25.7 Å². The van der Waals surface area contributed by atoms with Crippen molar-refractivity contribution in [3.63, 3.8) is 0 Å². The van der Waals surface area contributed by atoms with Crippen LogP contribution < -0.4 is 15.6 Å². The molecule has 0 fully saturated rings. The lowest BCUT2D eigenvalue weighted by molar-refractivity contribution is 0.581. The number of nitrogen functional groups attached to an aromatic ring is 1. The molecular weight excluding hydrogens is 326 g/mol. The number of benzene rings is 2. The van der Waals surface area contributed by atoms with Gasteiger partial charge < -0.3 is 5.73 Å². The molecule has 22 heavy (non-hydrogen) atoms. The Bertz CT molecular complexity index is 876. The topological polar surface area (TPSA) is 132 Å².